The largest absolute Gasteiger partial charge is 0.481 e. The van der Waals surface area contributed by atoms with Crippen LogP contribution in [0.1, 0.15) is 16.9 Å². The molecule has 1 aromatic heterocycles. The molecule has 1 amide bonds. The summed E-state index contributed by atoms with van der Waals surface area (Å²) < 4.78 is 0. The van der Waals surface area contributed by atoms with Gasteiger partial charge < -0.3 is 20.5 Å². The molecule has 96 valence electrons. The van der Waals surface area contributed by atoms with Crippen LogP contribution in [0.4, 0.5) is 0 Å². The summed E-state index contributed by atoms with van der Waals surface area (Å²) in [4.78, 5) is 45.8. The van der Waals surface area contributed by atoms with E-state index in [1.165, 1.54) is 18.2 Å². The van der Waals surface area contributed by atoms with Gasteiger partial charge in [-0.1, -0.05) is 6.07 Å². The van der Waals surface area contributed by atoms with Crippen LogP contribution in [0.2, 0.25) is 0 Å². The van der Waals surface area contributed by atoms with Crippen LogP contribution < -0.4 is 10.9 Å². The first-order valence-electron chi connectivity index (χ1n) is 4.85. The molecule has 0 aliphatic rings. The Balaban J connectivity index is 2.81. The third-order valence-corrected chi connectivity index (χ3v) is 2.00. The molecule has 0 aliphatic carbocycles. The van der Waals surface area contributed by atoms with Crippen molar-refractivity contribution >= 4 is 17.8 Å². The van der Waals surface area contributed by atoms with Gasteiger partial charge in [0.25, 0.3) is 5.91 Å². The van der Waals surface area contributed by atoms with E-state index in [-0.39, 0.29) is 5.69 Å². The topological polar surface area (TPSA) is 137 Å². The van der Waals surface area contributed by atoms with Gasteiger partial charge >= 0.3 is 11.9 Å². The second-order valence-corrected chi connectivity index (χ2v) is 3.39. The van der Waals surface area contributed by atoms with Crippen LogP contribution in [0, 0.1) is 0 Å². The number of carbonyl (C=O) groups excluding carboxylic acids is 1. The van der Waals surface area contributed by atoms with Gasteiger partial charge in [0.2, 0.25) is 5.56 Å². The lowest BCUT2D eigenvalue weighted by Gasteiger charge is -2.11. The Morgan fingerprint density at radius 2 is 1.94 bits per heavy atom. The number of H-pyrrole nitrogens is 1. The molecular weight excluding hydrogens is 244 g/mol. The fourth-order valence-electron chi connectivity index (χ4n) is 1.19. The fourth-order valence-corrected chi connectivity index (χ4v) is 1.19. The lowest BCUT2D eigenvalue weighted by atomic mass is 10.2. The number of aliphatic carboxylic acids is 2. The number of amides is 1. The average Bonchev–Trinajstić information content (AvgIpc) is 2.27. The van der Waals surface area contributed by atoms with Crippen molar-refractivity contribution in [3.63, 3.8) is 0 Å². The van der Waals surface area contributed by atoms with Gasteiger partial charge in [0, 0.05) is 6.07 Å². The van der Waals surface area contributed by atoms with Gasteiger partial charge in [0.1, 0.15) is 11.7 Å². The van der Waals surface area contributed by atoms with E-state index in [9.17, 15) is 19.2 Å². The maximum absolute atomic E-state index is 11.6. The van der Waals surface area contributed by atoms with Crippen LogP contribution in [0.3, 0.4) is 0 Å². The molecule has 1 heterocycles. The Morgan fingerprint density at radius 3 is 2.44 bits per heavy atom. The number of carboxylic acids is 2. The zero-order chi connectivity index (χ0) is 13.7. The molecule has 0 bridgehead atoms. The third kappa shape index (κ3) is 3.74. The van der Waals surface area contributed by atoms with E-state index in [4.69, 9.17) is 10.2 Å². The highest BCUT2D eigenvalue weighted by molar-refractivity contribution is 5.95. The van der Waals surface area contributed by atoms with E-state index in [2.05, 4.69) is 4.98 Å². The summed E-state index contributed by atoms with van der Waals surface area (Å²) in [5, 5.41) is 19.2. The van der Waals surface area contributed by atoms with Gasteiger partial charge in [0.05, 0.1) is 6.42 Å². The lowest BCUT2D eigenvalue weighted by Crippen LogP contribution is -2.42. The molecule has 1 aromatic rings. The SMILES string of the molecule is O=C(O)C[C@H](NC(=O)c1cccc(=O)[nH]1)C(=O)O. The summed E-state index contributed by atoms with van der Waals surface area (Å²) in [6, 6.07) is 2.22. The number of rotatable bonds is 5. The molecule has 0 fully saturated rings. The summed E-state index contributed by atoms with van der Waals surface area (Å²) in [5.74, 6) is -3.69. The van der Waals surface area contributed by atoms with Crippen molar-refractivity contribution in [2.24, 2.45) is 0 Å². The quantitative estimate of drug-likeness (QED) is 0.533. The first-order chi connectivity index (χ1) is 8.40. The molecule has 0 aliphatic heterocycles. The Hall–Kier alpha value is -2.64. The fraction of sp³-hybridized carbons (Fsp3) is 0.200. The summed E-state index contributed by atoms with van der Waals surface area (Å²) in [7, 11) is 0. The van der Waals surface area contributed by atoms with Gasteiger partial charge in [-0.3, -0.25) is 14.4 Å². The minimum Gasteiger partial charge on any atom is -0.481 e. The molecule has 0 spiro atoms. The van der Waals surface area contributed by atoms with Crippen molar-refractivity contribution in [3.05, 3.63) is 34.2 Å². The van der Waals surface area contributed by atoms with Gasteiger partial charge in [-0.05, 0) is 6.07 Å². The van der Waals surface area contributed by atoms with E-state index >= 15 is 0 Å². The van der Waals surface area contributed by atoms with E-state index in [0.717, 1.165) is 0 Å². The molecule has 0 aromatic carbocycles. The Bertz CT molecular complexity index is 535. The number of aromatic amines is 1. The molecule has 0 saturated heterocycles. The molecule has 0 radical (unpaired) electrons. The first-order valence-corrected chi connectivity index (χ1v) is 4.85. The van der Waals surface area contributed by atoms with Crippen LogP contribution in [0.5, 0.6) is 0 Å². The zero-order valence-corrected chi connectivity index (χ0v) is 9.04. The molecule has 0 saturated carbocycles. The summed E-state index contributed by atoms with van der Waals surface area (Å²) >= 11 is 0. The third-order valence-electron chi connectivity index (χ3n) is 2.00. The second kappa shape index (κ2) is 5.62. The number of hydrogen-bond donors (Lipinski definition) is 4. The second-order valence-electron chi connectivity index (χ2n) is 3.39. The normalized spacial score (nSPS) is 11.6. The number of carboxylic acid groups (broad SMARTS) is 2. The number of hydrogen-bond acceptors (Lipinski definition) is 4. The molecule has 1 atom stereocenters. The van der Waals surface area contributed by atoms with Crippen molar-refractivity contribution in [1.82, 2.24) is 10.3 Å². The monoisotopic (exact) mass is 254 g/mol. The van der Waals surface area contributed by atoms with Crippen molar-refractivity contribution in [1.29, 1.82) is 0 Å². The van der Waals surface area contributed by atoms with E-state index < -0.39 is 35.9 Å². The molecule has 18 heavy (non-hydrogen) atoms. The number of aromatic nitrogens is 1. The Labute approximate surface area is 100 Å². The molecular formula is C10H10N2O6. The zero-order valence-electron chi connectivity index (χ0n) is 9.04. The smallest absolute Gasteiger partial charge is 0.326 e. The highest BCUT2D eigenvalue weighted by atomic mass is 16.4. The van der Waals surface area contributed by atoms with E-state index in [1.807, 2.05) is 5.32 Å². The molecule has 8 nitrogen and oxygen atoms in total. The first kappa shape index (κ1) is 13.4. The summed E-state index contributed by atoms with van der Waals surface area (Å²) in [5.41, 5.74) is -0.660. The molecule has 0 unspecified atom stereocenters. The molecule has 1 rings (SSSR count). The van der Waals surface area contributed by atoms with Crippen molar-refractivity contribution in [3.8, 4) is 0 Å². The van der Waals surface area contributed by atoms with E-state index in [1.54, 1.807) is 0 Å². The Kier molecular flexibility index (Phi) is 4.19. The van der Waals surface area contributed by atoms with Gasteiger partial charge in [-0.25, -0.2) is 4.79 Å². The van der Waals surface area contributed by atoms with Gasteiger partial charge in [0.15, 0.2) is 0 Å². The lowest BCUT2D eigenvalue weighted by molar-refractivity contribution is -0.145. The van der Waals surface area contributed by atoms with Crippen molar-refractivity contribution < 1.29 is 24.6 Å². The maximum atomic E-state index is 11.6. The van der Waals surface area contributed by atoms with E-state index in [0.29, 0.717) is 0 Å². The highest BCUT2D eigenvalue weighted by Gasteiger charge is 2.23. The minimum absolute atomic E-state index is 0.140. The summed E-state index contributed by atoms with van der Waals surface area (Å²) in [6.45, 7) is 0. The van der Waals surface area contributed by atoms with Crippen LogP contribution >= 0.6 is 0 Å². The molecule has 4 N–H and O–H groups in total. The van der Waals surface area contributed by atoms with Crippen molar-refractivity contribution in [2.75, 3.05) is 0 Å². The van der Waals surface area contributed by atoms with Crippen LogP contribution in [0.15, 0.2) is 23.0 Å². The predicted octanol–water partition coefficient (Wildman–Crippen LogP) is -0.967. The van der Waals surface area contributed by atoms with Crippen molar-refractivity contribution in [2.45, 2.75) is 12.5 Å². The minimum atomic E-state index is -1.56. The standard InChI is InChI=1S/C10H10N2O6/c13-7-3-1-2-5(11-7)9(16)12-6(10(17)18)4-8(14)15/h1-3,6H,4H2,(H,11,13)(H,12,16)(H,14,15)(H,17,18)/t6-/m0/s1. The number of nitrogens with one attached hydrogen (secondary N) is 2. The van der Waals surface area contributed by atoms with Crippen LogP contribution in [-0.2, 0) is 9.59 Å². The Morgan fingerprint density at radius 1 is 1.28 bits per heavy atom. The maximum Gasteiger partial charge on any atom is 0.326 e. The molecule has 8 heteroatoms. The highest BCUT2D eigenvalue weighted by Crippen LogP contribution is 1.97. The number of carbonyl (C=O) groups is 3. The van der Waals surface area contributed by atoms with Gasteiger partial charge in [-0.15, -0.1) is 0 Å². The van der Waals surface area contributed by atoms with Crippen LogP contribution in [0.25, 0.3) is 0 Å². The van der Waals surface area contributed by atoms with Gasteiger partial charge in [-0.2, -0.15) is 0 Å². The summed E-state index contributed by atoms with van der Waals surface area (Å²) in [6.07, 6.45) is -0.752. The van der Waals surface area contributed by atoms with Crippen LogP contribution in [-0.4, -0.2) is 39.1 Å². The predicted molar refractivity (Wildman–Crippen MR) is 58.2 cm³/mol. The average molecular weight is 254 g/mol. The number of pyridine rings is 1.